The summed E-state index contributed by atoms with van der Waals surface area (Å²) >= 11 is 0. The molecule has 0 aromatic heterocycles. The van der Waals surface area contributed by atoms with E-state index in [4.69, 9.17) is 23.7 Å². The summed E-state index contributed by atoms with van der Waals surface area (Å²) in [4.78, 5) is 47.8. The lowest BCUT2D eigenvalue weighted by molar-refractivity contribution is -0.132. The van der Waals surface area contributed by atoms with Crippen molar-refractivity contribution >= 4 is 23.9 Å². The average molecular weight is 398 g/mol. The van der Waals surface area contributed by atoms with Gasteiger partial charge in [-0.15, -0.1) is 0 Å². The highest BCUT2D eigenvalue weighted by Gasteiger charge is 2.36. The standard InChI is InChI=1S/C20H14O9/c1-8-4-12(26-9(2)21)6-13-15(8)20(24)29-14-5-11-7-25-19(23)16(11)18(17(14)28-13)27-10(3)22/h4-6H,7H2,1-3H3. The summed E-state index contributed by atoms with van der Waals surface area (Å²) in [6.07, 6.45) is 0. The first-order valence-electron chi connectivity index (χ1n) is 8.53. The summed E-state index contributed by atoms with van der Waals surface area (Å²) in [6, 6.07) is 4.25. The fraction of sp³-hybridized carbons (Fsp3) is 0.200. The van der Waals surface area contributed by atoms with Crippen molar-refractivity contribution in [1.29, 1.82) is 0 Å². The number of rotatable bonds is 2. The number of aryl methyl sites for hydroxylation is 1. The minimum atomic E-state index is -0.718. The molecule has 4 rings (SSSR count). The van der Waals surface area contributed by atoms with E-state index >= 15 is 0 Å². The maximum Gasteiger partial charge on any atom is 0.347 e. The molecule has 0 saturated heterocycles. The second-order valence-corrected chi connectivity index (χ2v) is 6.44. The monoisotopic (exact) mass is 398 g/mol. The molecular formula is C20H14O9. The number of hydrogen-bond acceptors (Lipinski definition) is 9. The number of esters is 4. The zero-order chi connectivity index (χ0) is 20.9. The normalized spacial score (nSPS) is 13.8. The van der Waals surface area contributed by atoms with E-state index in [1.54, 1.807) is 6.92 Å². The van der Waals surface area contributed by atoms with Crippen molar-refractivity contribution in [2.24, 2.45) is 0 Å². The van der Waals surface area contributed by atoms with Gasteiger partial charge in [-0.1, -0.05) is 0 Å². The summed E-state index contributed by atoms with van der Waals surface area (Å²) in [5, 5.41) is 0. The second kappa shape index (κ2) is 6.62. The molecule has 2 aromatic rings. The molecule has 2 aliphatic heterocycles. The van der Waals surface area contributed by atoms with Gasteiger partial charge >= 0.3 is 23.9 Å². The molecule has 0 unspecified atom stereocenters. The summed E-state index contributed by atoms with van der Waals surface area (Å²) in [6.45, 7) is 3.96. The minimum Gasteiger partial charge on any atom is -0.457 e. The Hall–Kier alpha value is -3.88. The highest BCUT2D eigenvalue weighted by atomic mass is 16.6. The molecule has 2 heterocycles. The third kappa shape index (κ3) is 3.16. The van der Waals surface area contributed by atoms with Crippen molar-refractivity contribution in [1.82, 2.24) is 0 Å². The van der Waals surface area contributed by atoms with E-state index in [2.05, 4.69) is 0 Å². The van der Waals surface area contributed by atoms with Gasteiger partial charge in [-0.25, -0.2) is 9.59 Å². The molecule has 148 valence electrons. The van der Waals surface area contributed by atoms with Crippen molar-refractivity contribution in [2.45, 2.75) is 27.4 Å². The largest absolute Gasteiger partial charge is 0.457 e. The van der Waals surface area contributed by atoms with Crippen LogP contribution in [0.1, 0.15) is 45.7 Å². The van der Waals surface area contributed by atoms with Crippen LogP contribution in [0, 0.1) is 6.92 Å². The highest BCUT2D eigenvalue weighted by molar-refractivity contribution is 6.01. The van der Waals surface area contributed by atoms with Gasteiger partial charge in [-0.3, -0.25) is 9.59 Å². The fourth-order valence-electron chi connectivity index (χ4n) is 3.18. The maximum atomic E-state index is 12.7. The lowest BCUT2D eigenvalue weighted by Gasteiger charge is -2.14. The van der Waals surface area contributed by atoms with E-state index in [0.717, 1.165) is 6.92 Å². The van der Waals surface area contributed by atoms with Gasteiger partial charge in [0.25, 0.3) is 0 Å². The van der Waals surface area contributed by atoms with Crippen molar-refractivity contribution in [3.63, 3.8) is 0 Å². The van der Waals surface area contributed by atoms with Crippen LogP contribution < -0.4 is 18.9 Å². The van der Waals surface area contributed by atoms with E-state index in [-0.39, 0.29) is 46.5 Å². The number of carbonyl (C=O) groups excluding carboxylic acids is 4. The molecule has 2 aromatic carbocycles. The minimum absolute atomic E-state index is 0.0183. The Kier molecular flexibility index (Phi) is 4.22. The van der Waals surface area contributed by atoms with Gasteiger partial charge in [0.2, 0.25) is 5.75 Å². The van der Waals surface area contributed by atoms with Crippen molar-refractivity contribution in [2.75, 3.05) is 0 Å². The molecule has 2 aliphatic rings. The number of hydrogen-bond donors (Lipinski definition) is 0. The smallest absolute Gasteiger partial charge is 0.347 e. The van der Waals surface area contributed by atoms with Crippen LogP contribution in [0.4, 0.5) is 0 Å². The third-order valence-corrected chi connectivity index (χ3v) is 4.25. The quantitative estimate of drug-likeness (QED) is 0.556. The van der Waals surface area contributed by atoms with Gasteiger partial charge in [0.1, 0.15) is 29.2 Å². The highest BCUT2D eigenvalue weighted by Crippen LogP contribution is 2.50. The molecule has 9 heteroatoms. The van der Waals surface area contributed by atoms with Crippen LogP contribution in [0.3, 0.4) is 0 Å². The van der Waals surface area contributed by atoms with Crippen molar-refractivity contribution in [3.8, 4) is 28.7 Å². The van der Waals surface area contributed by atoms with Crippen molar-refractivity contribution in [3.05, 3.63) is 40.5 Å². The molecule has 0 saturated carbocycles. The lowest BCUT2D eigenvalue weighted by atomic mass is 10.1. The molecule has 29 heavy (non-hydrogen) atoms. The molecule has 0 amide bonds. The topological polar surface area (TPSA) is 114 Å². The van der Waals surface area contributed by atoms with Gasteiger partial charge in [0, 0.05) is 25.5 Å². The van der Waals surface area contributed by atoms with Crippen LogP contribution in [0.5, 0.6) is 28.7 Å². The van der Waals surface area contributed by atoms with Crippen LogP contribution in [0.15, 0.2) is 18.2 Å². The van der Waals surface area contributed by atoms with E-state index in [1.807, 2.05) is 0 Å². The maximum absolute atomic E-state index is 12.7. The Morgan fingerprint density at radius 2 is 1.62 bits per heavy atom. The summed E-state index contributed by atoms with van der Waals surface area (Å²) < 4.78 is 26.6. The molecule has 0 fully saturated rings. The van der Waals surface area contributed by atoms with Gasteiger partial charge < -0.3 is 23.7 Å². The first-order chi connectivity index (χ1) is 13.7. The molecule has 0 spiro atoms. The summed E-state index contributed by atoms with van der Waals surface area (Å²) in [5.41, 5.74) is 0.960. The predicted molar refractivity (Wildman–Crippen MR) is 94.4 cm³/mol. The summed E-state index contributed by atoms with van der Waals surface area (Å²) in [7, 11) is 0. The van der Waals surface area contributed by atoms with Crippen molar-refractivity contribution < 1.29 is 42.9 Å². The predicted octanol–water partition coefficient (Wildman–Crippen LogP) is 2.84. The van der Waals surface area contributed by atoms with Crippen LogP contribution in [0.25, 0.3) is 0 Å². The zero-order valence-corrected chi connectivity index (χ0v) is 15.6. The van der Waals surface area contributed by atoms with Gasteiger partial charge in [0.05, 0.1) is 0 Å². The number of carbonyl (C=O) groups is 4. The Morgan fingerprint density at radius 1 is 0.897 bits per heavy atom. The Morgan fingerprint density at radius 3 is 2.31 bits per heavy atom. The van der Waals surface area contributed by atoms with Gasteiger partial charge in [-0.05, 0) is 24.6 Å². The number of ether oxygens (including phenoxy) is 5. The lowest BCUT2D eigenvalue weighted by Crippen LogP contribution is -2.10. The molecule has 0 N–H and O–H groups in total. The van der Waals surface area contributed by atoms with Crippen LogP contribution in [-0.2, 0) is 20.9 Å². The Bertz CT molecular complexity index is 1110. The molecule has 9 nitrogen and oxygen atoms in total. The van der Waals surface area contributed by atoms with Crippen LogP contribution >= 0.6 is 0 Å². The third-order valence-electron chi connectivity index (χ3n) is 4.25. The van der Waals surface area contributed by atoms with Crippen LogP contribution in [0.2, 0.25) is 0 Å². The van der Waals surface area contributed by atoms with Gasteiger partial charge in [-0.2, -0.15) is 0 Å². The Labute approximate surface area is 164 Å². The van der Waals surface area contributed by atoms with E-state index in [9.17, 15) is 19.2 Å². The SMILES string of the molecule is CC(=O)Oc1cc(C)c2c(c1)Oc1c(cc3c(c1OC(C)=O)C(=O)OC3)OC2=O. The van der Waals surface area contributed by atoms with E-state index < -0.39 is 23.9 Å². The average Bonchev–Trinajstić information content (AvgIpc) is 2.89. The van der Waals surface area contributed by atoms with E-state index in [0.29, 0.717) is 11.1 Å². The first kappa shape index (κ1) is 18.5. The number of fused-ring (bicyclic) bond motifs is 3. The fourth-order valence-corrected chi connectivity index (χ4v) is 3.18. The second-order valence-electron chi connectivity index (χ2n) is 6.44. The molecule has 0 radical (unpaired) electrons. The van der Waals surface area contributed by atoms with Gasteiger partial charge in [0.15, 0.2) is 11.5 Å². The molecular weight excluding hydrogens is 384 g/mol. The zero-order valence-electron chi connectivity index (χ0n) is 15.6. The Balaban J connectivity index is 1.93. The van der Waals surface area contributed by atoms with Crippen LogP contribution in [-0.4, -0.2) is 23.9 Å². The molecule has 0 bridgehead atoms. The first-order valence-corrected chi connectivity index (χ1v) is 8.53. The number of benzene rings is 2. The van der Waals surface area contributed by atoms with E-state index in [1.165, 1.54) is 25.1 Å². The molecule has 0 aliphatic carbocycles. The number of cyclic esters (lactones) is 1. The molecule has 0 atom stereocenters. The summed E-state index contributed by atoms with van der Waals surface area (Å²) in [5.74, 6) is -2.87.